The molecule has 2 aromatic rings. The summed E-state index contributed by atoms with van der Waals surface area (Å²) in [6.07, 6.45) is 1.78. The number of aliphatic carboxylic acids is 1. The second-order valence-corrected chi connectivity index (χ2v) is 6.58. The summed E-state index contributed by atoms with van der Waals surface area (Å²) in [5.41, 5.74) is 2.15. The highest BCUT2D eigenvalue weighted by atomic mass is 35.5. The van der Waals surface area contributed by atoms with E-state index in [1.54, 1.807) is 12.1 Å². The van der Waals surface area contributed by atoms with Gasteiger partial charge < -0.3 is 9.84 Å². The Hall–Kier alpha value is -1.23. The third-order valence-corrected chi connectivity index (χ3v) is 5.32. The second kappa shape index (κ2) is 5.87. The van der Waals surface area contributed by atoms with Gasteiger partial charge in [-0.05, 0) is 47.9 Å². The zero-order chi connectivity index (χ0) is 15.0. The Morgan fingerprint density at radius 2 is 2.14 bits per heavy atom. The van der Waals surface area contributed by atoms with Gasteiger partial charge in [-0.1, -0.05) is 29.3 Å². The number of thiophene rings is 1. The average Bonchev–Trinajstić information content (AvgIpc) is 3.11. The molecule has 1 aliphatic carbocycles. The number of carbonyl (C=O) groups is 1. The van der Waals surface area contributed by atoms with Gasteiger partial charge in [0.1, 0.15) is 10.8 Å². The van der Waals surface area contributed by atoms with Crippen LogP contribution in [0.4, 0.5) is 0 Å². The number of carboxylic acid groups (broad SMARTS) is 1. The van der Waals surface area contributed by atoms with Gasteiger partial charge in [0.25, 0.3) is 0 Å². The van der Waals surface area contributed by atoms with E-state index < -0.39 is 12.1 Å². The second-order valence-electron chi connectivity index (χ2n) is 4.85. The van der Waals surface area contributed by atoms with Crippen molar-refractivity contribution in [3.63, 3.8) is 0 Å². The van der Waals surface area contributed by atoms with Gasteiger partial charge in [-0.25, -0.2) is 4.79 Å². The molecular weight excluding hydrogens is 331 g/mol. The first-order chi connectivity index (χ1) is 10.1. The van der Waals surface area contributed by atoms with E-state index in [1.807, 2.05) is 11.4 Å². The molecule has 1 aromatic carbocycles. The molecule has 1 unspecified atom stereocenters. The normalized spacial score (nSPS) is 14.8. The van der Waals surface area contributed by atoms with Gasteiger partial charge in [-0.3, -0.25) is 0 Å². The minimum absolute atomic E-state index is 0.292. The molecule has 0 bridgehead atoms. The van der Waals surface area contributed by atoms with E-state index in [4.69, 9.17) is 27.9 Å². The zero-order valence-corrected chi connectivity index (χ0v) is 13.3. The van der Waals surface area contributed by atoms with Crippen LogP contribution < -0.4 is 4.74 Å². The molecule has 0 saturated heterocycles. The summed E-state index contributed by atoms with van der Waals surface area (Å²) < 4.78 is 5.65. The van der Waals surface area contributed by atoms with Crippen LogP contribution in [0.5, 0.6) is 5.75 Å². The largest absolute Gasteiger partial charge is 0.478 e. The van der Waals surface area contributed by atoms with E-state index in [1.165, 1.54) is 11.3 Å². The molecule has 0 radical (unpaired) electrons. The molecule has 110 valence electrons. The van der Waals surface area contributed by atoms with E-state index in [2.05, 4.69) is 0 Å². The van der Waals surface area contributed by atoms with E-state index in [9.17, 15) is 9.90 Å². The summed E-state index contributed by atoms with van der Waals surface area (Å²) >= 11 is 13.8. The number of ether oxygens (including phenoxy) is 1. The molecule has 3 rings (SSSR count). The van der Waals surface area contributed by atoms with Gasteiger partial charge in [0.2, 0.25) is 6.10 Å². The van der Waals surface area contributed by atoms with E-state index in [0.29, 0.717) is 20.7 Å². The van der Waals surface area contributed by atoms with Gasteiger partial charge in [-0.15, -0.1) is 11.3 Å². The van der Waals surface area contributed by atoms with Crippen molar-refractivity contribution >= 4 is 40.5 Å². The number of fused-ring (bicyclic) bond motifs is 1. The molecular formula is C15H12Cl2O3S. The van der Waals surface area contributed by atoms with Gasteiger partial charge >= 0.3 is 5.97 Å². The number of aryl methyl sites for hydroxylation is 1. The topological polar surface area (TPSA) is 46.5 Å². The van der Waals surface area contributed by atoms with Crippen LogP contribution in [0.25, 0.3) is 0 Å². The van der Waals surface area contributed by atoms with E-state index in [0.717, 1.165) is 30.4 Å². The Bertz CT molecular complexity index is 683. The molecule has 3 nitrogen and oxygen atoms in total. The molecule has 0 aliphatic heterocycles. The lowest BCUT2D eigenvalue weighted by atomic mass is 10.1. The number of carboxylic acids is 1. The molecule has 0 spiro atoms. The van der Waals surface area contributed by atoms with Crippen molar-refractivity contribution in [3.8, 4) is 5.75 Å². The highest BCUT2D eigenvalue weighted by Gasteiger charge is 2.27. The fourth-order valence-electron chi connectivity index (χ4n) is 2.52. The highest BCUT2D eigenvalue weighted by molar-refractivity contribution is 7.10. The predicted molar refractivity (Wildman–Crippen MR) is 83.8 cm³/mol. The maximum Gasteiger partial charge on any atom is 0.350 e. The minimum atomic E-state index is -1.07. The van der Waals surface area contributed by atoms with Gasteiger partial charge in [0, 0.05) is 0 Å². The van der Waals surface area contributed by atoms with Gasteiger partial charge in [-0.2, -0.15) is 0 Å². The maximum atomic E-state index is 11.4. The summed E-state index contributed by atoms with van der Waals surface area (Å²) in [5.74, 6) is -0.715. The van der Waals surface area contributed by atoms with Crippen LogP contribution in [-0.4, -0.2) is 11.1 Å². The summed E-state index contributed by atoms with van der Waals surface area (Å²) in [6, 6.07) is 5.34. The number of benzene rings is 1. The smallest absolute Gasteiger partial charge is 0.350 e. The maximum absolute atomic E-state index is 11.4. The molecule has 0 saturated carbocycles. The van der Waals surface area contributed by atoms with Gasteiger partial charge in [0.05, 0.1) is 9.90 Å². The first kappa shape index (κ1) is 14.7. The third kappa shape index (κ3) is 2.76. The van der Waals surface area contributed by atoms with Crippen LogP contribution in [0.3, 0.4) is 0 Å². The lowest BCUT2D eigenvalue weighted by molar-refractivity contribution is -0.145. The summed E-state index contributed by atoms with van der Waals surface area (Å²) in [5, 5.41) is 12.0. The van der Waals surface area contributed by atoms with Crippen LogP contribution in [0.2, 0.25) is 10.0 Å². The van der Waals surface area contributed by atoms with Crippen molar-refractivity contribution in [1.82, 2.24) is 0 Å². The van der Waals surface area contributed by atoms with Crippen LogP contribution in [0, 0.1) is 0 Å². The van der Waals surface area contributed by atoms with Crippen LogP contribution >= 0.6 is 34.5 Å². The fraction of sp³-hybridized carbons (Fsp3) is 0.267. The van der Waals surface area contributed by atoms with Crippen molar-refractivity contribution < 1.29 is 14.6 Å². The molecule has 21 heavy (non-hydrogen) atoms. The number of halogens is 2. The standard InChI is InChI=1S/C15H12Cl2O3S/c16-12-9-4-1-3-8(9)7-10(13(12)17)20-14(15(18)19)11-5-2-6-21-11/h2,5-7,14H,1,3-4H2,(H,18,19). The van der Waals surface area contributed by atoms with Crippen LogP contribution in [0.1, 0.15) is 28.5 Å². The molecule has 1 N–H and O–H groups in total. The average molecular weight is 343 g/mol. The Morgan fingerprint density at radius 1 is 1.33 bits per heavy atom. The Morgan fingerprint density at radius 3 is 2.81 bits per heavy atom. The first-order valence-electron chi connectivity index (χ1n) is 6.50. The number of hydrogen-bond donors (Lipinski definition) is 1. The Balaban J connectivity index is 1.97. The fourth-order valence-corrected chi connectivity index (χ4v) is 3.79. The predicted octanol–water partition coefficient (Wildman–Crippen LogP) is 4.75. The highest BCUT2D eigenvalue weighted by Crippen LogP contribution is 2.42. The number of rotatable bonds is 4. The van der Waals surface area contributed by atoms with Gasteiger partial charge in [0.15, 0.2) is 0 Å². The summed E-state index contributed by atoms with van der Waals surface area (Å²) in [4.78, 5) is 12.1. The van der Waals surface area contributed by atoms with Crippen molar-refractivity contribution in [1.29, 1.82) is 0 Å². The van der Waals surface area contributed by atoms with Crippen molar-refractivity contribution in [2.75, 3.05) is 0 Å². The van der Waals surface area contributed by atoms with E-state index in [-0.39, 0.29) is 0 Å². The van der Waals surface area contributed by atoms with E-state index >= 15 is 0 Å². The van der Waals surface area contributed by atoms with Crippen molar-refractivity contribution in [2.24, 2.45) is 0 Å². The molecule has 0 amide bonds. The summed E-state index contributed by atoms with van der Waals surface area (Å²) in [7, 11) is 0. The third-order valence-electron chi connectivity index (χ3n) is 3.51. The lowest BCUT2D eigenvalue weighted by Gasteiger charge is -2.17. The van der Waals surface area contributed by atoms with Crippen molar-refractivity contribution in [2.45, 2.75) is 25.4 Å². The molecule has 0 fully saturated rings. The number of hydrogen-bond acceptors (Lipinski definition) is 3. The molecule has 1 heterocycles. The zero-order valence-electron chi connectivity index (χ0n) is 10.9. The van der Waals surface area contributed by atoms with Crippen LogP contribution in [-0.2, 0) is 17.6 Å². The van der Waals surface area contributed by atoms with Crippen molar-refractivity contribution in [3.05, 3.63) is 49.6 Å². The lowest BCUT2D eigenvalue weighted by Crippen LogP contribution is -2.17. The Labute approximate surface area is 136 Å². The quantitative estimate of drug-likeness (QED) is 0.872. The van der Waals surface area contributed by atoms with Crippen LogP contribution in [0.15, 0.2) is 23.6 Å². The molecule has 6 heteroatoms. The molecule has 1 atom stereocenters. The molecule has 1 aliphatic rings. The minimum Gasteiger partial charge on any atom is -0.478 e. The first-order valence-corrected chi connectivity index (χ1v) is 8.14. The SMILES string of the molecule is O=C(O)C(Oc1cc2c(c(Cl)c1Cl)CCC2)c1cccs1. The summed E-state index contributed by atoms with van der Waals surface area (Å²) in [6.45, 7) is 0. The Kier molecular flexibility index (Phi) is 4.11. The molecule has 1 aromatic heterocycles. The monoisotopic (exact) mass is 342 g/mol.